The number of imidazole rings is 1. The van der Waals surface area contributed by atoms with E-state index in [0.717, 1.165) is 42.9 Å². The summed E-state index contributed by atoms with van der Waals surface area (Å²) in [7, 11) is 0. The Kier molecular flexibility index (Phi) is 3.67. The van der Waals surface area contributed by atoms with Crippen LogP contribution in [0.5, 0.6) is 0 Å². The van der Waals surface area contributed by atoms with Crippen molar-refractivity contribution >= 4 is 17.0 Å². The maximum absolute atomic E-state index is 9.23. The van der Waals surface area contributed by atoms with Gasteiger partial charge in [0.2, 0.25) is 0 Å². The number of hydrogen-bond acceptors (Lipinski definition) is 6. The number of aliphatic hydroxyl groups is 1. The van der Waals surface area contributed by atoms with Gasteiger partial charge in [-0.15, -0.1) is 0 Å². The third kappa shape index (κ3) is 2.34. The van der Waals surface area contributed by atoms with Crippen LogP contribution in [0, 0.1) is 0 Å². The monoisotopic (exact) mass is 303 g/mol. The van der Waals surface area contributed by atoms with Gasteiger partial charge in [0.1, 0.15) is 12.6 Å². The fraction of sp³-hybridized carbons (Fsp3) is 0.667. The number of hydrogen-bond donors (Lipinski definition) is 1. The number of aliphatic hydroxyl groups excluding tert-OH is 1. The molecule has 1 N–H and O–H groups in total. The van der Waals surface area contributed by atoms with Gasteiger partial charge in [0.25, 0.3) is 0 Å². The van der Waals surface area contributed by atoms with E-state index in [9.17, 15) is 5.11 Å². The molecular weight excluding hydrogens is 282 g/mol. The molecule has 2 aromatic rings. The summed E-state index contributed by atoms with van der Waals surface area (Å²) in [6, 6.07) is 0. The molecule has 2 unspecified atom stereocenters. The molecule has 0 bridgehead atoms. The van der Waals surface area contributed by atoms with Crippen molar-refractivity contribution in [3.63, 3.8) is 0 Å². The quantitative estimate of drug-likeness (QED) is 0.925. The number of aromatic nitrogens is 4. The molecule has 2 aliphatic heterocycles. The Labute approximate surface area is 128 Å². The lowest BCUT2D eigenvalue weighted by Gasteiger charge is -2.27. The standard InChI is InChI=1S/C15H21N5O2/c21-8-11-4-5-12(22-11)20-10-18-13-14(16-9-17-15(13)20)19-6-2-1-3-7-19/h9-12,21H,1-8H2. The number of ether oxygens (including phenoxy) is 1. The van der Waals surface area contributed by atoms with E-state index in [1.54, 1.807) is 12.7 Å². The molecule has 0 aliphatic carbocycles. The zero-order valence-corrected chi connectivity index (χ0v) is 12.6. The molecule has 0 radical (unpaired) electrons. The second-order valence-electron chi connectivity index (χ2n) is 6.04. The first-order valence-corrected chi connectivity index (χ1v) is 8.05. The fourth-order valence-corrected chi connectivity index (χ4v) is 3.41. The lowest BCUT2D eigenvalue weighted by atomic mass is 10.1. The summed E-state index contributed by atoms with van der Waals surface area (Å²) in [5.41, 5.74) is 1.67. The van der Waals surface area contributed by atoms with E-state index >= 15 is 0 Å². The predicted molar refractivity (Wildman–Crippen MR) is 81.6 cm³/mol. The van der Waals surface area contributed by atoms with Crippen LogP contribution in [-0.4, -0.2) is 50.4 Å². The average molecular weight is 303 g/mol. The maximum atomic E-state index is 9.23. The van der Waals surface area contributed by atoms with Crippen LogP contribution in [0.15, 0.2) is 12.7 Å². The van der Waals surface area contributed by atoms with Crippen molar-refractivity contribution in [2.75, 3.05) is 24.6 Å². The number of fused-ring (bicyclic) bond motifs is 1. The summed E-state index contributed by atoms with van der Waals surface area (Å²) in [4.78, 5) is 15.7. The van der Waals surface area contributed by atoms with Gasteiger partial charge in [0.05, 0.1) is 19.0 Å². The van der Waals surface area contributed by atoms with Crippen LogP contribution in [0.3, 0.4) is 0 Å². The molecule has 0 amide bonds. The number of piperidine rings is 1. The smallest absolute Gasteiger partial charge is 0.167 e. The van der Waals surface area contributed by atoms with E-state index < -0.39 is 0 Å². The number of anilines is 1. The molecule has 22 heavy (non-hydrogen) atoms. The van der Waals surface area contributed by atoms with Gasteiger partial charge < -0.3 is 14.7 Å². The first-order valence-electron chi connectivity index (χ1n) is 8.05. The molecular formula is C15H21N5O2. The Bertz CT molecular complexity index is 652. The van der Waals surface area contributed by atoms with Crippen molar-refractivity contribution in [1.29, 1.82) is 0 Å². The molecule has 2 aromatic heterocycles. The van der Waals surface area contributed by atoms with Crippen LogP contribution in [0.2, 0.25) is 0 Å². The van der Waals surface area contributed by atoms with Crippen LogP contribution in [-0.2, 0) is 4.74 Å². The highest BCUT2D eigenvalue weighted by atomic mass is 16.5. The normalized spacial score (nSPS) is 26.0. The lowest BCUT2D eigenvalue weighted by molar-refractivity contribution is -0.0207. The van der Waals surface area contributed by atoms with Crippen molar-refractivity contribution < 1.29 is 9.84 Å². The van der Waals surface area contributed by atoms with Gasteiger partial charge in [-0.2, -0.15) is 0 Å². The van der Waals surface area contributed by atoms with Gasteiger partial charge in [-0.25, -0.2) is 15.0 Å². The maximum Gasteiger partial charge on any atom is 0.167 e. The minimum absolute atomic E-state index is 0.0666. The largest absolute Gasteiger partial charge is 0.394 e. The zero-order valence-electron chi connectivity index (χ0n) is 12.6. The van der Waals surface area contributed by atoms with Crippen LogP contribution in [0.1, 0.15) is 38.3 Å². The van der Waals surface area contributed by atoms with Crippen molar-refractivity contribution in [3.8, 4) is 0 Å². The Balaban J connectivity index is 1.67. The third-order valence-electron chi connectivity index (χ3n) is 4.59. The van der Waals surface area contributed by atoms with E-state index in [0.29, 0.717) is 0 Å². The summed E-state index contributed by atoms with van der Waals surface area (Å²) in [5, 5.41) is 9.23. The van der Waals surface area contributed by atoms with Crippen molar-refractivity contribution in [1.82, 2.24) is 19.5 Å². The molecule has 0 aromatic carbocycles. The van der Waals surface area contributed by atoms with Gasteiger partial charge in [-0.1, -0.05) is 0 Å². The lowest BCUT2D eigenvalue weighted by Crippen LogP contribution is -2.30. The van der Waals surface area contributed by atoms with Gasteiger partial charge >= 0.3 is 0 Å². The van der Waals surface area contributed by atoms with Crippen molar-refractivity contribution in [2.24, 2.45) is 0 Å². The molecule has 2 fully saturated rings. The van der Waals surface area contributed by atoms with Crippen molar-refractivity contribution in [2.45, 2.75) is 44.4 Å². The number of rotatable bonds is 3. The van der Waals surface area contributed by atoms with Crippen LogP contribution in [0.4, 0.5) is 5.82 Å². The SMILES string of the molecule is OCC1CCC(n2cnc3c(N4CCCCC4)ncnc32)O1. The van der Waals surface area contributed by atoms with E-state index in [1.807, 2.05) is 4.57 Å². The summed E-state index contributed by atoms with van der Waals surface area (Å²) in [6.07, 6.45) is 8.67. The summed E-state index contributed by atoms with van der Waals surface area (Å²) >= 11 is 0. The summed E-state index contributed by atoms with van der Waals surface area (Å²) < 4.78 is 7.82. The van der Waals surface area contributed by atoms with Crippen molar-refractivity contribution in [3.05, 3.63) is 12.7 Å². The molecule has 0 spiro atoms. The molecule has 0 saturated carbocycles. The second kappa shape index (κ2) is 5.81. The minimum Gasteiger partial charge on any atom is -0.394 e. The highest BCUT2D eigenvalue weighted by Gasteiger charge is 2.28. The molecule has 118 valence electrons. The van der Waals surface area contributed by atoms with Crippen LogP contribution < -0.4 is 4.90 Å². The zero-order chi connectivity index (χ0) is 14.9. The summed E-state index contributed by atoms with van der Waals surface area (Å²) in [6.45, 7) is 2.13. The molecule has 2 atom stereocenters. The Morgan fingerprint density at radius 1 is 1.14 bits per heavy atom. The average Bonchev–Trinajstić information content (AvgIpc) is 3.21. The highest BCUT2D eigenvalue weighted by molar-refractivity contribution is 5.83. The van der Waals surface area contributed by atoms with Gasteiger partial charge in [0, 0.05) is 13.1 Å². The Hall–Kier alpha value is -1.73. The molecule has 7 heteroatoms. The minimum atomic E-state index is -0.0914. The van der Waals surface area contributed by atoms with Gasteiger partial charge in [0.15, 0.2) is 17.0 Å². The molecule has 2 saturated heterocycles. The molecule has 4 rings (SSSR count). The highest BCUT2D eigenvalue weighted by Crippen LogP contribution is 2.32. The van der Waals surface area contributed by atoms with Crippen LogP contribution >= 0.6 is 0 Å². The Morgan fingerprint density at radius 2 is 2.00 bits per heavy atom. The Morgan fingerprint density at radius 3 is 2.77 bits per heavy atom. The first kappa shape index (κ1) is 13.9. The van der Waals surface area contributed by atoms with E-state index in [-0.39, 0.29) is 18.9 Å². The topological polar surface area (TPSA) is 76.3 Å². The predicted octanol–water partition coefficient (Wildman–Crippen LogP) is 1.49. The first-order chi connectivity index (χ1) is 10.9. The van der Waals surface area contributed by atoms with Gasteiger partial charge in [-0.05, 0) is 32.1 Å². The van der Waals surface area contributed by atoms with Crippen LogP contribution in [0.25, 0.3) is 11.2 Å². The van der Waals surface area contributed by atoms with E-state index in [4.69, 9.17) is 4.74 Å². The van der Waals surface area contributed by atoms with Gasteiger partial charge in [-0.3, -0.25) is 4.57 Å². The third-order valence-corrected chi connectivity index (χ3v) is 4.59. The second-order valence-corrected chi connectivity index (χ2v) is 6.04. The summed E-state index contributed by atoms with van der Waals surface area (Å²) in [5.74, 6) is 0.931. The van der Waals surface area contributed by atoms with E-state index in [2.05, 4.69) is 19.9 Å². The molecule has 7 nitrogen and oxygen atoms in total. The molecule has 4 heterocycles. The molecule has 2 aliphatic rings. The number of nitrogens with zero attached hydrogens (tertiary/aromatic N) is 5. The van der Waals surface area contributed by atoms with E-state index in [1.165, 1.54) is 19.3 Å². The fourth-order valence-electron chi connectivity index (χ4n) is 3.41.